The number of likely N-dealkylation sites (tertiary alicyclic amines) is 1. The summed E-state index contributed by atoms with van der Waals surface area (Å²) in [4.78, 5) is 14.2. The molecule has 1 fully saturated rings. The fourth-order valence-electron chi connectivity index (χ4n) is 2.49. The Morgan fingerprint density at radius 1 is 1.25 bits per heavy atom. The number of para-hydroxylation sites is 1. The Kier molecular flexibility index (Phi) is 5.87. The van der Waals surface area contributed by atoms with Crippen LogP contribution < -0.4 is 10.6 Å². The van der Waals surface area contributed by atoms with Gasteiger partial charge in [-0.1, -0.05) is 25.1 Å². The van der Waals surface area contributed by atoms with E-state index in [0.717, 1.165) is 31.1 Å². The lowest BCUT2D eigenvalue weighted by Gasteiger charge is -2.30. The molecule has 0 unspecified atom stereocenters. The van der Waals surface area contributed by atoms with E-state index in [1.54, 1.807) is 0 Å². The Morgan fingerprint density at radius 3 is 2.65 bits per heavy atom. The van der Waals surface area contributed by atoms with Crippen LogP contribution in [0.5, 0.6) is 0 Å². The van der Waals surface area contributed by atoms with Crippen LogP contribution in [0.25, 0.3) is 0 Å². The first-order valence-electron chi connectivity index (χ1n) is 7.56. The molecule has 110 valence electrons. The minimum atomic E-state index is -0.122. The third kappa shape index (κ3) is 5.21. The number of benzene rings is 1. The fourth-order valence-corrected chi connectivity index (χ4v) is 2.49. The molecule has 20 heavy (non-hydrogen) atoms. The number of piperidine rings is 1. The maximum atomic E-state index is 11.7. The van der Waals surface area contributed by atoms with Gasteiger partial charge in [-0.25, -0.2) is 4.79 Å². The van der Waals surface area contributed by atoms with Gasteiger partial charge in [-0.15, -0.1) is 0 Å². The van der Waals surface area contributed by atoms with Gasteiger partial charge in [0.25, 0.3) is 0 Å². The fraction of sp³-hybridized carbons (Fsp3) is 0.562. The molecule has 2 rings (SSSR count). The molecule has 1 aliphatic heterocycles. The zero-order chi connectivity index (χ0) is 14.2. The summed E-state index contributed by atoms with van der Waals surface area (Å²) in [6.45, 7) is 6.55. The van der Waals surface area contributed by atoms with Crippen LogP contribution >= 0.6 is 0 Å². The molecular weight excluding hydrogens is 250 g/mol. The predicted molar refractivity (Wildman–Crippen MR) is 82.9 cm³/mol. The first-order valence-corrected chi connectivity index (χ1v) is 7.56. The van der Waals surface area contributed by atoms with Gasteiger partial charge in [0, 0.05) is 12.2 Å². The lowest BCUT2D eigenvalue weighted by molar-refractivity contribution is 0.190. The number of nitrogens with zero attached hydrogens (tertiary/aromatic N) is 1. The van der Waals surface area contributed by atoms with Gasteiger partial charge in [0.2, 0.25) is 0 Å². The first kappa shape index (κ1) is 14.9. The van der Waals surface area contributed by atoms with Gasteiger partial charge in [0.1, 0.15) is 0 Å². The summed E-state index contributed by atoms with van der Waals surface area (Å²) in [6.07, 6.45) is 3.63. The molecular formula is C16H25N3O. The number of amides is 2. The Balaban J connectivity index is 1.56. The van der Waals surface area contributed by atoms with Gasteiger partial charge in [-0.2, -0.15) is 0 Å². The van der Waals surface area contributed by atoms with E-state index in [0.29, 0.717) is 0 Å². The summed E-state index contributed by atoms with van der Waals surface area (Å²) in [7, 11) is 0. The minimum absolute atomic E-state index is 0.122. The molecule has 1 heterocycles. The van der Waals surface area contributed by atoms with Crippen molar-refractivity contribution in [3.05, 3.63) is 30.3 Å². The molecule has 0 aromatic heterocycles. The highest BCUT2D eigenvalue weighted by molar-refractivity contribution is 5.89. The average Bonchev–Trinajstić information content (AvgIpc) is 2.46. The van der Waals surface area contributed by atoms with Crippen LogP contribution in [0, 0.1) is 5.92 Å². The number of rotatable bonds is 5. The summed E-state index contributed by atoms with van der Waals surface area (Å²) in [5.41, 5.74) is 0.829. The Morgan fingerprint density at radius 2 is 1.95 bits per heavy atom. The number of anilines is 1. The Hall–Kier alpha value is -1.55. The number of nitrogens with one attached hydrogen (secondary N) is 2. The van der Waals surface area contributed by atoms with E-state index >= 15 is 0 Å². The highest BCUT2D eigenvalue weighted by Crippen LogP contribution is 2.15. The van der Waals surface area contributed by atoms with Crippen LogP contribution in [0.3, 0.4) is 0 Å². The lowest BCUT2D eigenvalue weighted by atomic mass is 9.99. The molecule has 0 radical (unpaired) electrons. The molecule has 1 aromatic rings. The number of hydrogen-bond donors (Lipinski definition) is 2. The van der Waals surface area contributed by atoms with Crippen molar-refractivity contribution >= 4 is 11.7 Å². The van der Waals surface area contributed by atoms with Crippen molar-refractivity contribution in [2.24, 2.45) is 5.92 Å². The molecule has 0 bridgehead atoms. The molecule has 4 nitrogen and oxygen atoms in total. The number of carbonyl (C=O) groups excluding carboxylic acids is 1. The van der Waals surface area contributed by atoms with Gasteiger partial charge in [-0.3, -0.25) is 0 Å². The van der Waals surface area contributed by atoms with Gasteiger partial charge < -0.3 is 15.5 Å². The molecule has 2 amide bonds. The summed E-state index contributed by atoms with van der Waals surface area (Å²) < 4.78 is 0. The van der Waals surface area contributed by atoms with Crippen molar-refractivity contribution < 1.29 is 4.79 Å². The first-order chi connectivity index (χ1) is 9.74. The highest BCUT2D eigenvalue weighted by Gasteiger charge is 2.14. The van der Waals surface area contributed by atoms with Gasteiger partial charge >= 0.3 is 6.03 Å². The van der Waals surface area contributed by atoms with Crippen LogP contribution in [-0.4, -0.2) is 37.1 Å². The number of hydrogen-bond acceptors (Lipinski definition) is 2. The van der Waals surface area contributed by atoms with E-state index in [-0.39, 0.29) is 6.03 Å². The molecule has 0 atom stereocenters. The second-order valence-electron chi connectivity index (χ2n) is 5.62. The predicted octanol–water partition coefficient (Wildman–Crippen LogP) is 2.93. The number of urea groups is 1. The average molecular weight is 275 g/mol. The SMILES string of the molecule is CC1CCN(CCCNC(=O)Nc2ccccc2)CC1. The van der Waals surface area contributed by atoms with Crippen molar-refractivity contribution in [3.63, 3.8) is 0 Å². The second-order valence-corrected chi connectivity index (χ2v) is 5.62. The van der Waals surface area contributed by atoms with Crippen molar-refractivity contribution in [2.45, 2.75) is 26.2 Å². The standard InChI is InChI=1S/C16H25N3O/c1-14-8-12-19(13-9-14)11-5-10-17-16(20)18-15-6-3-2-4-7-15/h2-4,6-7,14H,5,8-13H2,1H3,(H2,17,18,20). The van der Waals surface area contributed by atoms with Crippen molar-refractivity contribution in [3.8, 4) is 0 Å². The van der Waals surface area contributed by atoms with E-state index in [4.69, 9.17) is 0 Å². The monoisotopic (exact) mass is 275 g/mol. The molecule has 0 aliphatic carbocycles. The van der Waals surface area contributed by atoms with Crippen molar-refractivity contribution in [1.29, 1.82) is 0 Å². The minimum Gasteiger partial charge on any atom is -0.338 e. The summed E-state index contributed by atoms with van der Waals surface area (Å²) in [5.74, 6) is 0.876. The van der Waals surface area contributed by atoms with E-state index < -0.39 is 0 Å². The third-order valence-electron chi connectivity index (χ3n) is 3.84. The molecule has 0 spiro atoms. The largest absolute Gasteiger partial charge is 0.338 e. The molecule has 1 saturated heterocycles. The third-order valence-corrected chi connectivity index (χ3v) is 3.84. The van der Waals surface area contributed by atoms with Crippen LogP contribution in [0.15, 0.2) is 30.3 Å². The molecule has 0 saturated carbocycles. The van der Waals surface area contributed by atoms with E-state index in [9.17, 15) is 4.79 Å². The van der Waals surface area contributed by atoms with Crippen LogP contribution in [0.1, 0.15) is 26.2 Å². The lowest BCUT2D eigenvalue weighted by Crippen LogP contribution is -2.36. The Labute approximate surface area is 121 Å². The van der Waals surface area contributed by atoms with E-state index in [1.165, 1.54) is 25.9 Å². The Bertz CT molecular complexity index is 399. The maximum absolute atomic E-state index is 11.7. The van der Waals surface area contributed by atoms with Gasteiger partial charge in [0.15, 0.2) is 0 Å². The van der Waals surface area contributed by atoms with E-state index in [1.807, 2.05) is 30.3 Å². The smallest absolute Gasteiger partial charge is 0.319 e. The molecule has 1 aromatic carbocycles. The second kappa shape index (κ2) is 7.90. The normalized spacial score (nSPS) is 16.9. The van der Waals surface area contributed by atoms with Crippen LogP contribution in [0.2, 0.25) is 0 Å². The summed E-state index contributed by atoms with van der Waals surface area (Å²) in [6, 6.07) is 9.40. The molecule has 2 N–H and O–H groups in total. The summed E-state index contributed by atoms with van der Waals surface area (Å²) in [5, 5.41) is 5.73. The van der Waals surface area contributed by atoms with Gasteiger partial charge in [-0.05, 0) is 56.9 Å². The quantitative estimate of drug-likeness (QED) is 0.812. The molecule has 1 aliphatic rings. The number of carbonyl (C=O) groups is 1. The maximum Gasteiger partial charge on any atom is 0.319 e. The molecule has 4 heteroatoms. The van der Waals surface area contributed by atoms with Crippen molar-refractivity contribution in [1.82, 2.24) is 10.2 Å². The topological polar surface area (TPSA) is 44.4 Å². The zero-order valence-corrected chi connectivity index (χ0v) is 12.3. The highest BCUT2D eigenvalue weighted by atomic mass is 16.2. The van der Waals surface area contributed by atoms with Gasteiger partial charge in [0.05, 0.1) is 0 Å². The van der Waals surface area contributed by atoms with Crippen molar-refractivity contribution in [2.75, 3.05) is 31.5 Å². The summed E-state index contributed by atoms with van der Waals surface area (Å²) >= 11 is 0. The van der Waals surface area contributed by atoms with E-state index in [2.05, 4.69) is 22.5 Å². The van der Waals surface area contributed by atoms with Crippen LogP contribution in [-0.2, 0) is 0 Å². The zero-order valence-electron chi connectivity index (χ0n) is 12.3. The van der Waals surface area contributed by atoms with Crippen LogP contribution in [0.4, 0.5) is 10.5 Å².